The average Bonchev–Trinajstić information content (AvgIpc) is 2.24. The minimum atomic E-state index is -4.80. The maximum absolute atomic E-state index is 13.1. The van der Waals surface area contributed by atoms with Gasteiger partial charge in [0.25, 0.3) is 0 Å². The van der Waals surface area contributed by atoms with E-state index in [9.17, 15) is 23.2 Å². The molecule has 0 aromatic rings. The number of rotatable bonds is 5. The molecule has 0 amide bonds. The van der Waals surface area contributed by atoms with Gasteiger partial charge in [-0.1, -0.05) is 0 Å². The Bertz CT molecular complexity index is 353. The van der Waals surface area contributed by atoms with Gasteiger partial charge in [-0.25, -0.2) is 4.79 Å². The quantitative estimate of drug-likeness (QED) is 0.405. The highest BCUT2D eigenvalue weighted by atomic mass is 19.3. The summed E-state index contributed by atoms with van der Waals surface area (Å²) in [6.07, 6.45) is -6.57. The molecule has 0 heterocycles. The highest BCUT2D eigenvalue weighted by Gasteiger charge is 2.53. The number of aliphatic hydroxyl groups is 3. The maximum Gasteiger partial charge on any atom is 0.403 e. The Morgan fingerprint density at radius 2 is 1.61 bits per heavy atom. The molecule has 0 saturated heterocycles. The van der Waals surface area contributed by atoms with Gasteiger partial charge in [0.15, 0.2) is 0 Å². The second-order valence-electron chi connectivity index (χ2n) is 3.50. The average molecular weight is 270 g/mol. The number of ether oxygens (including phenoxy) is 1. The summed E-state index contributed by atoms with van der Waals surface area (Å²) in [5, 5.41) is 26.9. The third kappa shape index (κ3) is 3.79. The zero-order chi connectivity index (χ0) is 14.7. The van der Waals surface area contributed by atoms with Crippen molar-refractivity contribution in [2.24, 2.45) is 0 Å². The number of halogens is 2. The molecule has 0 fully saturated rings. The van der Waals surface area contributed by atoms with Crippen LogP contribution in [-0.4, -0.2) is 57.3 Å². The van der Waals surface area contributed by atoms with Gasteiger partial charge in [0.1, 0.15) is 12.2 Å². The highest BCUT2D eigenvalue weighted by Crippen LogP contribution is 2.21. The van der Waals surface area contributed by atoms with Gasteiger partial charge in [-0.15, -0.1) is 0 Å². The van der Waals surface area contributed by atoms with Gasteiger partial charge < -0.3 is 20.1 Å². The minimum Gasteiger partial charge on any atom is -0.391 e. The van der Waals surface area contributed by atoms with E-state index < -0.39 is 42.0 Å². The van der Waals surface area contributed by atoms with E-state index in [2.05, 4.69) is 4.74 Å². The molecule has 9 heteroatoms. The predicted molar refractivity (Wildman–Crippen MR) is 50.4 cm³/mol. The number of hydrogen-bond donors (Lipinski definition) is 3. The van der Waals surface area contributed by atoms with E-state index in [-0.39, 0.29) is 0 Å². The van der Waals surface area contributed by atoms with Gasteiger partial charge in [0, 0.05) is 6.92 Å². The van der Waals surface area contributed by atoms with E-state index in [0.717, 1.165) is 6.92 Å². The molecule has 3 N–H and O–H groups in total. The van der Waals surface area contributed by atoms with E-state index in [1.165, 1.54) is 0 Å². The number of ketones is 1. The zero-order valence-electron chi connectivity index (χ0n) is 9.46. The monoisotopic (exact) mass is 270 g/mol. The van der Waals surface area contributed by atoms with Gasteiger partial charge in [-0.2, -0.15) is 8.78 Å². The van der Waals surface area contributed by atoms with Crippen molar-refractivity contribution in [1.82, 2.24) is 0 Å². The second-order valence-corrected chi connectivity index (χ2v) is 3.50. The lowest BCUT2D eigenvalue weighted by atomic mass is 10.0. The van der Waals surface area contributed by atoms with Gasteiger partial charge in [-0.3, -0.25) is 9.59 Å². The number of alkyl halides is 2. The first kappa shape index (κ1) is 16.6. The first-order valence-electron chi connectivity index (χ1n) is 4.71. The molecule has 104 valence electrons. The smallest absolute Gasteiger partial charge is 0.391 e. The molecule has 7 nitrogen and oxygen atoms in total. The van der Waals surface area contributed by atoms with Crippen LogP contribution in [0.2, 0.25) is 0 Å². The van der Waals surface area contributed by atoms with E-state index >= 15 is 0 Å². The molecule has 0 aliphatic heterocycles. The van der Waals surface area contributed by atoms with Gasteiger partial charge in [-0.05, 0) is 6.92 Å². The first-order chi connectivity index (χ1) is 8.01. The normalized spacial score (nSPS) is 16.6. The third-order valence-corrected chi connectivity index (χ3v) is 1.89. The predicted octanol–water partition coefficient (Wildman–Crippen LogP) is -1.62. The second kappa shape index (κ2) is 5.94. The molecule has 0 spiro atoms. The largest absolute Gasteiger partial charge is 0.403 e. The Kier molecular flexibility index (Phi) is 5.46. The lowest BCUT2D eigenvalue weighted by molar-refractivity contribution is -0.186. The zero-order valence-corrected chi connectivity index (χ0v) is 9.46. The molecule has 0 aliphatic rings. The maximum atomic E-state index is 13.1. The number of carbonyl (C=O) groups excluding carboxylic acids is 3. The van der Waals surface area contributed by atoms with Crippen molar-refractivity contribution >= 4 is 17.7 Å². The van der Waals surface area contributed by atoms with Crippen molar-refractivity contribution < 1.29 is 43.2 Å². The van der Waals surface area contributed by atoms with Crippen molar-refractivity contribution in [3.63, 3.8) is 0 Å². The molecule has 3 atom stereocenters. The number of esters is 2. The lowest BCUT2D eigenvalue weighted by Crippen LogP contribution is -2.51. The highest BCUT2D eigenvalue weighted by molar-refractivity contribution is 6.09. The van der Waals surface area contributed by atoms with Crippen LogP contribution >= 0.6 is 0 Å². The Balaban J connectivity index is 4.95. The molecule has 18 heavy (non-hydrogen) atoms. The Morgan fingerprint density at radius 3 is 1.94 bits per heavy atom. The molecule has 0 aromatic heterocycles. The van der Waals surface area contributed by atoms with Crippen LogP contribution in [0.5, 0.6) is 0 Å². The first-order valence-corrected chi connectivity index (χ1v) is 4.71. The third-order valence-electron chi connectivity index (χ3n) is 1.89. The fourth-order valence-electron chi connectivity index (χ4n) is 0.900. The van der Waals surface area contributed by atoms with Crippen LogP contribution < -0.4 is 0 Å². The number of Topliss-reactive ketones (excluding diaryl/α,β-unsaturated/α-hetero) is 1. The standard InChI is InChI=1S/C9H12F2O7/c1-3(12)5(14)6(15)7(16)9(10,11)8(17)18-4(2)13/h3,5-6,12,14-15H,1-2H3/t3?,5?,6-/m1/s1. The number of aliphatic hydroxyl groups excluding tert-OH is 3. The summed E-state index contributed by atoms with van der Waals surface area (Å²) >= 11 is 0. The Labute approximate surface area is 100.0 Å². The van der Waals surface area contributed by atoms with Crippen molar-refractivity contribution in [3.05, 3.63) is 0 Å². The summed E-state index contributed by atoms with van der Waals surface area (Å²) in [6.45, 7) is 1.60. The lowest BCUT2D eigenvalue weighted by Gasteiger charge is -2.22. The molecule has 0 rings (SSSR count). The molecular weight excluding hydrogens is 258 g/mol. The van der Waals surface area contributed by atoms with Crippen LogP contribution in [0.1, 0.15) is 13.8 Å². The molecular formula is C9H12F2O7. The molecule has 0 bridgehead atoms. The van der Waals surface area contributed by atoms with Gasteiger partial charge >= 0.3 is 17.9 Å². The molecule has 0 aliphatic carbocycles. The fraction of sp³-hybridized carbons (Fsp3) is 0.667. The molecule has 0 radical (unpaired) electrons. The SMILES string of the molecule is CC(=O)OC(=O)C(F)(F)C(=O)[C@H](O)C(O)C(C)O. The Morgan fingerprint density at radius 1 is 1.17 bits per heavy atom. The molecule has 0 aromatic carbocycles. The van der Waals surface area contributed by atoms with E-state index in [0.29, 0.717) is 6.92 Å². The minimum absolute atomic E-state index is 0.666. The van der Waals surface area contributed by atoms with E-state index in [4.69, 9.17) is 15.3 Å². The van der Waals surface area contributed by atoms with Crippen molar-refractivity contribution in [3.8, 4) is 0 Å². The summed E-state index contributed by atoms with van der Waals surface area (Å²) in [4.78, 5) is 32.1. The van der Waals surface area contributed by atoms with Crippen LogP contribution in [0.3, 0.4) is 0 Å². The number of carbonyl (C=O) groups is 3. The van der Waals surface area contributed by atoms with Gasteiger partial charge in [0.05, 0.1) is 6.10 Å². The summed E-state index contributed by atoms with van der Waals surface area (Å²) in [7, 11) is 0. The Hall–Kier alpha value is -1.45. The van der Waals surface area contributed by atoms with Gasteiger partial charge in [0.2, 0.25) is 5.78 Å². The topological polar surface area (TPSA) is 121 Å². The van der Waals surface area contributed by atoms with E-state index in [1.807, 2.05) is 0 Å². The van der Waals surface area contributed by atoms with Crippen LogP contribution in [0.25, 0.3) is 0 Å². The summed E-state index contributed by atoms with van der Waals surface area (Å²) in [6, 6.07) is 0. The van der Waals surface area contributed by atoms with E-state index in [1.54, 1.807) is 0 Å². The summed E-state index contributed by atoms with van der Waals surface area (Å²) in [5.41, 5.74) is 0. The fourth-order valence-corrected chi connectivity index (χ4v) is 0.900. The van der Waals surface area contributed by atoms with Crippen LogP contribution in [0.15, 0.2) is 0 Å². The number of hydrogen-bond acceptors (Lipinski definition) is 7. The molecule has 0 saturated carbocycles. The summed E-state index contributed by atoms with van der Waals surface area (Å²) in [5.74, 6) is -11.0. The van der Waals surface area contributed by atoms with Crippen molar-refractivity contribution in [1.29, 1.82) is 0 Å². The van der Waals surface area contributed by atoms with Crippen LogP contribution in [0, 0.1) is 0 Å². The van der Waals surface area contributed by atoms with Crippen LogP contribution in [0.4, 0.5) is 8.78 Å². The molecule has 2 unspecified atom stereocenters. The van der Waals surface area contributed by atoms with Crippen molar-refractivity contribution in [2.75, 3.05) is 0 Å². The van der Waals surface area contributed by atoms with Crippen molar-refractivity contribution in [2.45, 2.75) is 38.1 Å². The van der Waals surface area contributed by atoms with Crippen LogP contribution in [-0.2, 0) is 19.1 Å². The summed E-state index contributed by atoms with van der Waals surface area (Å²) < 4.78 is 29.8.